The van der Waals surface area contributed by atoms with E-state index in [2.05, 4.69) is 82.1 Å². The predicted octanol–water partition coefficient (Wildman–Crippen LogP) is 5.95. The Labute approximate surface area is 179 Å². The molecule has 0 radical (unpaired) electrons. The number of carbonyl (C=O) groups excluding carboxylic acids is 1. The van der Waals surface area contributed by atoms with Crippen LogP contribution in [0.5, 0.6) is 0 Å². The van der Waals surface area contributed by atoms with Crippen molar-refractivity contribution in [1.29, 1.82) is 0 Å². The second-order valence-corrected chi connectivity index (χ2v) is 9.55. The molecular weight excluding hydrogens is 432 g/mol. The first-order chi connectivity index (χ1) is 13.6. The van der Waals surface area contributed by atoms with Gasteiger partial charge in [0, 0.05) is 45.3 Å². The zero-order chi connectivity index (χ0) is 19.5. The largest absolute Gasteiger partial charge is 0.341 e. The quantitative estimate of drug-likeness (QED) is 0.442. The van der Waals surface area contributed by atoms with Crippen LogP contribution in [0, 0.1) is 5.92 Å². The number of piperidine rings is 1. The minimum atomic E-state index is 0.233. The Morgan fingerprint density at radius 1 is 1.11 bits per heavy atom. The standard InChI is InChI=1S/C23H25BrN2OS/c1-17-10-12-25(13-11-17)23(27)15-26-14-22(20-4-2-3-5-21(20)26)28-16-18-6-8-19(24)9-7-18/h2-9,14,17H,10-13,15-16H2,1H3. The number of amides is 1. The maximum absolute atomic E-state index is 12.8. The van der Waals surface area contributed by atoms with Gasteiger partial charge in [0.05, 0.1) is 0 Å². The van der Waals surface area contributed by atoms with Crippen molar-refractivity contribution in [3.8, 4) is 0 Å². The molecule has 0 unspecified atom stereocenters. The Kier molecular flexibility index (Phi) is 6.12. The molecule has 0 bridgehead atoms. The van der Waals surface area contributed by atoms with Gasteiger partial charge in [-0.3, -0.25) is 4.79 Å². The Morgan fingerprint density at radius 3 is 2.57 bits per heavy atom. The van der Waals surface area contributed by atoms with Crippen LogP contribution in [0.15, 0.2) is 64.1 Å². The Morgan fingerprint density at radius 2 is 1.82 bits per heavy atom. The molecule has 1 aromatic heterocycles. The smallest absolute Gasteiger partial charge is 0.242 e. The summed E-state index contributed by atoms with van der Waals surface area (Å²) in [6.07, 6.45) is 4.39. The molecule has 3 nitrogen and oxygen atoms in total. The summed E-state index contributed by atoms with van der Waals surface area (Å²) >= 11 is 5.32. The van der Waals surface area contributed by atoms with Gasteiger partial charge in [-0.1, -0.05) is 53.2 Å². The summed E-state index contributed by atoms with van der Waals surface area (Å²) in [6, 6.07) is 16.9. The van der Waals surface area contributed by atoms with Crippen LogP contribution < -0.4 is 0 Å². The number of halogens is 1. The van der Waals surface area contributed by atoms with Crippen molar-refractivity contribution in [1.82, 2.24) is 9.47 Å². The molecular formula is C23H25BrN2OS. The molecule has 146 valence electrons. The molecule has 0 spiro atoms. The van der Waals surface area contributed by atoms with E-state index in [1.807, 2.05) is 16.7 Å². The van der Waals surface area contributed by atoms with E-state index in [0.717, 1.165) is 47.6 Å². The van der Waals surface area contributed by atoms with Gasteiger partial charge in [0.15, 0.2) is 0 Å². The van der Waals surface area contributed by atoms with E-state index >= 15 is 0 Å². The summed E-state index contributed by atoms with van der Waals surface area (Å²) in [5.74, 6) is 1.88. The van der Waals surface area contributed by atoms with E-state index in [1.165, 1.54) is 15.8 Å². The van der Waals surface area contributed by atoms with Crippen LogP contribution in [0.25, 0.3) is 10.9 Å². The van der Waals surface area contributed by atoms with Gasteiger partial charge < -0.3 is 9.47 Å². The normalized spacial score (nSPS) is 15.3. The fourth-order valence-corrected chi connectivity index (χ4v) is 5.01. The van der Waals surface area contributed by atoms with Gasteiger partial charge in [-0.25, -0.2) is 0 Å². The topological polar surface area (TPSA) is 25.2 Å². The van der Waals surface area contributed by atoms with Crippen LogP contribution in [0.2, 0.25) is 0 Å². The third-order valence-electron chi connectivity index (χ3n) is 5.50. The van der Waals surface area contributed by atoms with Gasteiger partial charge in [-0.05, 0) is 42.5 Å². The molecule has 0 N–H and O–H groups in total. The first-order valence-corrected chi connectivity index (χ1v) is 11.6. The molecule has 0 aliphatic carbocycles. The number of carbonyl (C=O) groups is 1. The predicted molar refractivity (Wildman–Crippen MR) is 121 cm³/mol. The molecule has 1 amide bonds. The monoisotopic (exact) mass is 456 g/mol. The molecule has 1 fully saturated rings. The molecule has 1 saturated heterocycles. The highest BCUT2D eigenvalue weighted by molar-refractivity contribution is 9.10. The minimum Gasteiger partial charge on any atom is -0.341 e. The van der Waals surface area contributed by atoms with Gasteiger partial charge in [0.2, 0.25) is 5.91 Å². The SMILES string of the molecule is CC1CCN(C(=O)Cn2cc(SCc3ccc(Br)cc3)c3ccccc32)CC1. The van der Waals surface area contributed by atoms with Crippen LogP contribution in [-0.2, 0) is 17.1 Å². The third kappa shape index (κ3) is 4.47. The molecule has 0 saturated carbocycles. The first-order valence-electron chi connectivity index (χ1n) is 9.83. The van der Waals surface area contributed by atoms with Crippen molar-refractivity contribution < 1.29 is 4.79 Å². The van der Waals surface area contributed by atoms with Crippen molar-refractivity contribution in [2.75, 3.05) is 13.1 Å². The summed E-state index contributed by atoms with van der Waals surface area (Å²) in [5.41, 5.74) is 2.43. The summed E-state index contributed by atoms with van der Waals surface area (Å²) < 4.78 is 3.23. The van der Waals surface area contributed by atoms with E-state index in [9.17, 15) is 4.79 Å². The number of hydrogen-bond acceptors (Lipinski definition) is 2. The van der Waals surface area contributed by atoms with E-state index in [-0.39, 0.29) is 5.91 Å². The van der Waals surface area contributed by atoms with E-state index in [0.29, 0.717) is 6.54 Å². The zero-order valence-corrected chi connectivity index (χ0v) is 18.5. The van der Waals surface area contributed by atoms with Crippen LogP contribution in [0.1, 0.15) is 25.3 Å². The number of rotatable bonds is 5. The highest BCUT2D eigenvalue weighted by atomic mass is 79.9. The van der Waals surface area contributed by atoms with Gasteiger partial charge in [-0.15, -0.1) is 11.8 Å². The molecule has 28 heavy (non-hydrogen) atoms. The van der Waals surface area contributed by atoms with Crippen molar-refractivity contribution in [2.24, 2.45) is 5.92 Å². The lowest BCUT2D eigenvalue weighted by molar-refractivity contribution is -0.133. The summed E-state index contributed by atoms with van der Waals surface area (Å²) in [5, 5.41) is 1.23. The number of likely N-dealkylation sites (tertiary alicyclic amines) is 1. The second kappa shape index (κ2) is 8.75. The molecule has 2 aromatic carbocycles. The second-order valence-electron chi connectivity index (χ2n) is 7.62. The fourth-order valence-electron chi connectivity index (χ4n) is 3.70. The molecule has 4 rings (SSSR count). The van der Waals surface area contributed by atoms with Gasteiger partial charge in [-0.2, -0.15) is 0 Å². The third-order valence-corrected chi connectivity index (χ3v) is 7.14. The molecule has 0 atom stereocenters. The van der Waals surface area contributed by atoms with Crippen molar-refractivity contribution in [3.63, 3.8) is 0 Å². The summed E-state index contributed by atoms with van der Waals surface area (Å²) in [6.45, 7) is 4.48. The van der Waals surface area contributed by atoms with E-state index < -0.39 is 0 Å². The zero-order valence-electron chi connectivity index (χ0n) is 16.1. The molecule has 1 aliphatic heterocycles. The number of thioether (sulfide) groups is 1. The average molecular weight is 457 g/mol. The van der Waals surface area contributed by atoms with E-state index in [4.69, 9.17) is 0 Å². The number of para-hydroxylation sites is 1. The maximum atomic E-state index is 12.8. The number of hydrogen-bond donors (Lipinski definition) is 0. The fraction of sp³-hybridized carbons (Fsp3) is 0.348. The Bertz CT molecular complexity index is 958. The van der Waals surface area contributed by atoms with Gasteiger partial charge in [0.25, 0.3) is 0 Å². The van der Waals surface area contributed by atoms with Crippen LogP contribution in [-0.4, -0.2) is 28.5 Å². The lowest BCUT2D eigenvalue weighted by atomic mass is 9.99. The first kappa shape index (κ1) is 19.6. The van der Waals surface area contributed by atoms with Crippen LogP contribution >= 0.6 is 27.7 Å². The molecule has 2 heterocycles. The number of aromatic nitrogens is 1. The minimum absolute atomic E-state index is 0.233. The van der Waals surface area contributed by atoms with Crippen molar-refractivity contribution >= 4 is 44.5 Å². The van der Waals surface area contributed by atoms with E-state index in [1.54, 1.807) is 0 Å². The lowest BCUT2D eigenvalue weighted by Crippen LogP contribution is -2.39. The average Bonchev–Trinajstić information content (AvgIpc) is 3.06. The summed E-state index contributed by atoms with van der Waals surface area (Å²) in [4.78, 5) is 16.1. The van der Waals surface area contributed by atoms with Crippen LogP contribution in [0.3, 0.4) is 0 Å². The Balaban J connectivity index is 1.51. The van der Waals surface area contributed by atoms with Crippen molar-refractivity contribution in [2.45, 2.75) is 37.0 Å². The van der Waals surface area contributed by atoms with Crippen molar-refractivity contribution in [3.05, 3.63) is 64.8 Å². The number of benzene rings is 2. The molecule has 3 aromatic rings. The highest BCUT2D eigenvalue weighted by Gasteiger charge is 2.21. The highest BCUT2D eigenvalue weighted by Crippen LogP contribution is 2.32. The summed E-state index contributed by atoms with van der Waals surface area (Å²) in [7, 11) is 0. The lowest BCUT2D eigenvalue weighted by Gasteiger charge is -2.30. The number of fused-ring (bicyclic) bond motifs is 1. The number of nitrogens with zero attached hydrogens (tertiary/aromatic N) is 2. The van der Waals surface area contributed by atoms with Gasteiger partial charge >= 0.3 is 0 Å². The molecule has 1 aliphatic rings. The molecule has 5 heteroatoms. The van der Waals surface area contributed by atoms with Gasteiger partial charge in [0.1, 0.15) is 6.54 Å². The van der Waals surface area contributed by atoms with Crippen LogP contribution in [0.4, 0.5) is 0 Å². The Hall–Kier alpha value is -1.72. The maximum Gasteiger partial charge on any atom is 0.242 e.